The van der Waals surface area contributed by atoms with Gasteiger partial charge in [-0.1, -0.05) is 42.7 Å². The standard InChI is InChI=1S/C17H17ClN4O2/c1-10(2)16-15(11(3)21-24-16)17(23)20-12-8-19-22(9-12)14-7-5-4-6-13(14)18/h4-10H,1-3H3,(H,20,23). The Hall–Kier alpha value is -2.60. The summed E-state index contributed by atoms with van der Waals surface area (Å²) in [6.07, 6.45) is 3.27. The van der Waals surface area contributed by atoms with E-state index < -0.39 is 0 Å². The van der Waals surface area contributed by atoms with E-state index in [4.69, 9.17) is 16.1 Å². The van der Waals surface area contributed by atoms with Crippen LogP contribution in [0.2, 0.25) is 5.02 Å². The molecule has 0 unspecified atom stereocenters. The number of rotatable bonds is 4. The molecule has 1 aromatic carbocycles. The number of nitrogens with one attached hydrogen (secondary N) is 1. The predicted octanol–water partition coefficient (Wildman–Crippen LogP) is 4.20. The number of aryl methyl sites for hydroxylation is 1. The van der Waals surface area contributed by atoms with Gasteiger partial charge in [0.2, 0.25) is 0 Å². The van der Waals surface area contributed by atoms with Crippen molar-refractivity contribution >= 4 is 23.2 Å². The van der Waals surface area contributed by atoms with Crippen molar-refractivity contribution in [3.63, 3.8) is 0 Å². The lowest BCUT2D eigenvalue weighted by Gasteiger charge is -2.05. The van der Waals surface area contributed by atoms with Crippen molar-refractivity contribution in [2.75, 3.05) is 5.32 Å². The molecular weight excluding hydrogens is 328 g/mol. The Bertz CT molecular complexity index is 882. The summed E-state index contributed by atoms with van der Waals surface area (Å²) in [4.78, 5) is 12.6. The molecular formula is C17H17ClN4O2. The molecule has 2 heterocycles. The number of carbonyl (C=O) groups is 1. The zero-order valence-corrected chi connectivity index (χ0v) is 14.3. The van der Waals surface area contributed by atoms with Crippen LogP contribution in [-0.4, -0.2) is 20.8 Å². The Labute approximate surface area is 144 Å². The lowest BCUT2D eigenvalue weighted by atomic mass is 10.0. The monoisotopic (exact) mass is 344 g/mol. The first-order valence-corrected chi connectivity index (χ1v) is 7.92. The second kappa shape index (κ2) is 6.49. The van der Waals surface area contributed by atoms with Gasteiger partial charge in [-0.25, -0.2) is 4.68 Å². The molecule has 1 N–H and O–H groups in total. The molecule has 0 saturated heterocycles. The Morgan fingerprint density at radius 3 is 2.79 bits per heavy atom. The highest BCUT2D eigenvalue weighted by molar-refractivity contribution is 6.32. The molecule has 0 fully saturated rings. The third-order valence-corrected chi connectivity index (χ3v) is 3.90. The van der Waals surface area contributed by atoms with E-state index >= 15 is 0 Å². The topological polar surface area (TPSA) is 73.0 Å². The van der Waals surface area contributed by atoms with Crippen LogP contribution in [0.5, 0.6) is 0 Å². The van der Waals surface area contributed by atoms with E-state index in [-0.39, 0.29) is 11.8 Å². The average molecular weight is 345 g/mol. The van der Waals surface area contributed by atoms with E-state index in [1.54, 1.807) is 30.1 Å². The van der Waals surface area contributed by atoms with Crippen LogP contribution in [0.3, 0.4) is 0 Å². The first-order chi connectivity index (χ1) is 11.5. The number of hydrogen-bond donors (Lipinski definition) is 1. The largest absolute Gasteiger partial charge is 0.360 e. The molecule has 0 spiro atoms. The highest BCUT2D eigenvalue weighted by Gasteiger charge is 2.23. The number of benzene rings is 1. The summed E-state index contributed by atoms with van der Waals surface area (Å²) in [5.74, 6) is 0.373. The molecule has 0 saturated carbocycles. The van der Waals surface area contributed by atoms with Gasteiger partial charge in [0, 0.05) is 5.92 Å². The second-order valence-electron chi connectivity index (χ2n) is 5.74. The molecule has 6 nitrogen and oxygen atoms in total. The molecule has 124 valence electrons. The van der Waals surface area contributed by atoms with E-state index in [9.17, 15) is 4.79 Å². The van der Waals surface area contributed by atoms with E-state index in [1.807, 2.05) is 32.0 Å². The van der Waals surface area contributed by atoms with Crippen LogP contribution in [0.25, 0.3) is 5.69 Å². The number of para-hydroxylation sites is 1. The molecule has 0 atom stereocenters. The van der Waals surface area contributed by atoms with Gasteiger partial charge in [-0.2, -0.15) is 5.10 Å². The quantitative estimate of drug-likeness (QED) is 0.769. The fourth-order valence-corrected chi connectivity index (χ4v) is 2.63. The molecule has 0 bridgehead atoms. The van der Waals surface area contributed by atoms with Gasteiger partial charge in [0.05, 0.1) is 34.5 Å². The Morgan fingerprint density at radius 2 is 2.08 bits per heavy atom. The number of carbonyl (C=O) groups excluding carboxylic acids is 1. The normalized spacial score (nSPS) is 11.0. The van der Waals surface area contributed by atoms with Crippen LogP contribution in [0.4, 0.5) is 5.69 Å². The van der Waals surface area contributed by atoms with Gasteiger partial charge < -0.3 is 9.84 Å². The maximum absolute atomic E-state index is 12.6. The molecule has 1 amide bonds. The van der Waals surface area contributed by atoms with Gasteiger partial charge in [-0.3, -0.25) is 4.79 Å². The van der Waals surface area contributed by atoms with Gasteiger partial charge in [-0.05, 0) is 19.1 Å². The van der Waals surface area contributed by atoms with Crippen molar-refractivity contribution < 1.29 is 9.32 Å². The number of hydrogen-bond acceptors (Lipinski definition) is 4. The maximum Gasteiger partial charge on any atom is 0.261 e. The van der Waals surface area contributed by atoms with Crippen molar-refractivity contribution in [3.05, 3.63) is 58.7 Å². The van der Waals surface area contributed by atoms with Crippen molar-refractivity contribution in [3.8, 4) is 5.69 Å². The molecule has 7 heteroatoms. The van der Waals surface area contributed by atoms with Crippen molar-refractivity contribution in [2.45, 2.75) is 26.7 Å². The number of amides is 1. The van der Waals surface area contributed by atoms with Gasteiger partial charge in [0.25, 0.3) is 5.91 Å². The maximum atomic E-state index is 12.6. The Morgan fingerprint density at radius 1 is 1.33 bits per heavy atom. The molecule has 24 heavy (non-hydrogen) atoms. The van der Waals surface area contributed by atoms with E-state index in [0.29, 0.717) is 27.7 Å². The van der Waals surface area contributed by atoms with Gasteiger partial charge in [0.15, 0.2) is 5.76 Å². The van der Waals surface area contributed by atoms with E-state index in [2.05, 4.69) is 15.6 Å². The lowest BCUT2D eigenvalue weighted by molar-refractivity contribution is 0.102. The highest BCUT2D eigenvalue weighted by Crippen LogP contribution is 2.24. The van der Waals surface area contributed by atoms with Crippen molar-refractivity contribution in [1.82, 2.24) is 14.9 Å². The summed E-state index contributed by atoms with van der Waals surface area (Å²) in [7, 11) is 0. The average Bonchev–Trinajstić information content (AvgIpc) is 3.14. The van der Waals surface area contributed by atoms with Gasteiger partial charge >= 0.3 is 0 Å². The fraction of sp³-hybridized carbons (Fsp3) is 0.235. The van der Waals surface area contributed by atoms with Crippen LogP contribution >= 0.6 is 11.6 Å². The summed E-state index contributed by atoms with van der Waals surface area (Å²) in [6, 6.07) is 7.35. The summed E-state index contributed by atoms with van der Waals surface area (Å²) in [5.41, 5.74) is 2.34. The van der Waals surface area contributed by atoms with Crippen LogP contribution in [-0.2, 0) is 0 Å². The zero-order chi connectivity index (χ0) is 17.3. The molecule has 3 aromatic rings. The predicted molar refractivity (Wildman–Crippen MR) is 91.9 cm³/mol. The first-order valence-electron chi connectivity index (χ1n) is 7.54. The molecule has 2 aromatic heterocycles. The van der Waals surface area contributed by atoms with Crippen LogP contribution < -0.4 is 5.32 Å². The van der Waals surface area contributed by atoms with E-state index in [0.717, 1.165) is 5.69 Å². The number of nitrogens with zero attached hydrogens (tertiary/aromatic N) is 3. The Kier molecular flexibility index (Phi) is 4.40. The third-order valence-electron chi connectivity index (χ3n) is 3.58. The SMILES string of the molecule is Cc1noc(C(C)C)c1C(=O)Nc1cnn(-c2ccccc2Cl)c1. The Balaban J connectivity index is 1.84. The number of halogens is 1. The summed E-state index contributed by atoms with van der Waals surface area (Å²) < 4.78 is 6.87. The molecule has 0 radical (unpaired) electrons. The highest BCUT2D eigenvalue weighted by atomic mass is 35.5. The third kappa shape index (κ3) is 3.05. The number of anilines is 1. The minimum atomic E-state index is -0.267. The fourth-order valence-electron chi connectivity index (χ4n) is 2.41. The van der Waals surface area contributed by atoms with Crippen molar-refractivity contribution in [2.24, 2.45) is 0 Å². The van der Waals surface area contributed by atoms with Crippen molar-refractivity contribution in [1.29, 1.82) is 0 Å². The zero-order valence-electron chi connectivity index (χ0n) is 13.6. The van der Waals surface area contributed by atoms with Crippen LogP contribution in [0.1, 0.15) is 41.6 Å². The first kappa shape index (κ1) is 16.3. The van der Waals surface area contributed by atoms with E-state index in [1.165, 1.54) is 0 Å². The van der Waals surface area contributed by atoms with Crippen LogP contribution in [0.15, 0.2) is 41.2 Å². The molecule has 0 aliphatic heterocycles. The smallest absolute Gasteiger partial charge is 0.261 e. The van der Waals surface area contributed by atoms with Gasteiger partial charge in [-0.15, -0.1) is 0 Å². The van der Waals surface area contributed by atoms with Gasteiger partial charge in [0.1, 0.15) is 5.56 Å². The second-order valence-corrected chi connectivity index (χ2v) is 6.15. The lowest BCUT2D eigenvalue weighted by Crippen LogP contribution is -2.14. The molecule has 0 aliphatic rings. The minimum Gasteiger partial charge on any atom is -0.360 e. The summed E-state index contributed by atoms with van der Waals surface area (Å²) in [6.45, 7) is 5.65. The summed E-state index contributed by atoms with van der Waals surface area (Å²) in [5, 5.41) is 11.5. The molecule has 0 aliphatic carbocycles. The summed E-state index contributed by atoms with van der Waals surface area (Å²) >= 11 is 6.16. The minimum absolute atomic E-state index is 0.0674. The number of aromatic nitrogens is 3. The van der Waals surface area contributed by atoms with Crippen LogP contribution in [0, 0.1) is 6.92 Å². The molecule has 3 rings (SSSR count).